The molecule has 0 aromatic heterocycles. The molecule has 0 radical (unpaired) electrons. The van der Waals surface area contributed by atoms with E-state index in [1.165, 1.54) is 102 Å². The summed E-state index contributed by atoms with van der Waals surface area (Å²) in [5.41, 5.74) is 0. The highest BCUT2D eigenvalue weighted by atomic mass is 16.8. The number of hydrogen-bond donors (Lipinski definition) is 25. The summed E-state index contributed by atoms with van der Waals surface area (Å²) in [6, 6.07) is -5.17. The van der Waals surface area contributed by atoms with Crippen molar-refractivity contribution in [3.63, 3.8) is 0 Å². The minimum atomic E-state index is -3.49. The van der Waals surface area contributed by atoms with Gasteiger partial charge in [0.25, 0.3) is 11.6 Å². The molecule has 0 aromatic carbocycles. The molecule has 6 heterocycles. The number of rotatable bonds is 58. The number of carbonyl (C=O) groups is 5. The van der Waals surface area contributed by atoms with Gasteiger partial charge < -0.3 is 185 Å². The van der Waals surface area contributed by atoms with Crippen molar-refractivity contribution in [2.45, 2.75) is 428 Å². The zero-order valence-corrected chi connectivity index (χ0v) is 71.6. The van der Waals surface area contributed by atoms with Crippen LogP contribution < -0.4 is 16.0 Å². The highest BCUT2D eigenvalue weighted by molar-refractivity contribution is 5.77. The maximum absolute atomic E-state index is 14.0. The molecule has 0 spiro atoms. The summed E-state index contributed by atoms with van der Waals surface area (Å²) in [7, 11) is 0. The number of carboxylic acid groups (broad SMARTS) is 2. The Hall–Kier alpha value is -4.19. The van der Waals surface area contributed by atoms with Crippen LogP contribution in [0.3, 0.4) is 0 Å². The van der Waals surface area contributed by atoms with E-state index < -0.39 is 296 Å². The number of carboxylic acids is 2. The van der Waals surface area contributed by atoms with Gasteiger partial charge in [0.15, 0.2) is 25.2 Å². The fourth-order valence-corrected chi connectivity index (χ4v) is 16.5. The summed E-state index contributed by atoms with van der Waals surface area (Å²) in [5.74, 6) is -13.6. The zero-order valence-electron chi connectivity index (χ0n) is 71.6. The van der Waals surface area contributed by atoms with Gasteiger partial charge in [0.05, 0.1) is 76.6 Å². The van der Waals surface area contributed by atoms with Gasteiger partial charge in [0.1, 0.15) is 140 Å². The second-order valence-corrected chi connectivity index (χ2v) is 33.5. The molecule has 6 aliphatic rings. The summed E-state index contributed by atoms with van der Waals surface area (Å²) in [4.78, 5) is 66.9. The number of aliphatic hydroxyl groups is 20. The normalized spacial score (nSPS) is 35.7. The largest absolute Gasteiger partial charge is 0.477 e. The summed E-state index contributed by atoms with van der Waals surface area (Å²) >= 11 is 0. The second kappa shape index (κ2) is 55.2. The molecule has 34 atom stereocenters. The molecule has 6 aliphatic heterocycles. The third kappa shape index (κ3) is 31.2. The van der Waals surface area contributed by atoms with Gasteiger partial charge in [0.2, 0.25) is 17.7 Å². The average molecular weight is 1800 g/mol. The first-order chi connectivity index (χ1) is 59.2. The van der Waals surface area contributed by atoms with E-state index in [1.54, 1.807) is 6.08 Å². The Labute approximate surface area is 722 Å². The Morgan fingerprint density at radius 1 is 0.419 bits per heavy atom. The molecular formula is C82H145N3O39. The quantitative estimate of drug-likeness (QED) is 0.0204. The molecule has 6 saturated heterocycles. The number of nitrogens with one attached hydrogen (secondary N) is 3. The van der Waals surface area contributed by atoms with E-state index in [4.69, 9.17) is 56.8 Å². The van der Waals surface area contributed by atoms with Gasteiger partial charge in [0, 0.05) is 33.1 Å². The van der Waals surface area contributed by atoms with Gasteiger partial charge in [-0.3, -0.25) is 14.4 Å². The van der Waals surface area contributed by atoms with Crippen LogP contribution >= 0.6 is 0 Å². The molecule has 12 unspecified atom stereocenters. The lowest BCUT2D eigenvalue weighted by Gasteiger charge is -2.53. The molecule has 6 rings (SSSR count). The van der Waals surface area contributed by atoms with Crippen LogP contribution in [0.4, 0.5) is 0 Å². The number of hydrogen-bond acceptors (Lipinski definition) is 37. The van der Waals surface area contributed by atoms with Crippen molar-refractivity contribution >= 4 is 29.7 Å². The van der Waals surface area contributed by atoms with Gasteiger partial charge in [-0.25, -0.2) is 9.59 Å². The Morgan fingerprint density at radius 2 is 0.815 bits per heavy atom. The number of aliphatic carboxylic acids is 2. The van der Waals surface area contributed by atoms with E-state index in [1.807, 2.05) is 0 Å². The number of aliphatic hydroxyl groups excluding tert-OH is 20. The zero-order chi connectivity index (χ0) is 91.5. The van der Waals surface area contributed by atoms with Crippen LogP contribution in [0.5, 0.6) is 0 Å². The van der Waals surface area contributed by atoms with E-state index in [2.05, 4.69) is 29.8 Å². The molecule has 42 nitrogen and oxygen atoms in total. The van der Waals surface area contributed by atoms with E-state index in [9.17, 15) is 136 Å². The molecule has 0 aromatic rings. The number of allylic oxidation sites excluding steroid dienone is 1. The van der Waals surface area contributed by atoms with Crippen molar-refractivity contribution in [2.75, 3.05) is 46.2 Å². The molecular weight excluding hydrogens is 1650 g/mol. The molecule has 0 bridgehead atoms. The van der Waals surface area contributed by atoms with Gasteiger partial charge in [-0.05, 0) is 19.3 Å². The second-order valence-electron chi connectivity index (χ2n) is 33.5. The SMILES string of the molecule is CCCCCCCCCCCCC/C=C/[C@@H](O)[C@H](CO[C@@H]1OC(CO)[C@@H](O[C@@H]2OC(CO)[C@H](O[C@@H]3OC(CO)[C@H](O)[C@H](O[C@@H]4OC(CO)[C@H](O)[C@H](O[C@]5(C(=O)O)CC(O)[C@@H](O)C([C@H](O)[C@H](O)CO)O5)C4O)C3NC(C)=O)[C@H](O[C@]3(C(=O)O)CC(O)[C@@H](NC(C)=O)C([C@H](O)[C@H](O)CO)O3)C2O)[C@H](O)C1O)NC(=O)CCCCCCCCCCCCCCCCC. The number of unbranched alkanes of at least 4 members (excludes halogenated alkanes) is 25. The summed E-state index contributed by atoms with van der Waals surface area (Å²) < 4.78 is 71.9. The Morgan fingerprint density at radius 3 is 1.30 bits per heavy atom. The summed E-state index contributed by atoms with van der Waals surface area (Å²) in [6.45, 7) is -1.77. The summed E-state index contributed by atoms with van der Waals surface area (Å²) in [6.07, 6.45) is -34.5. The van der Waals surface area contributed by atoms with Crippen LogP contribution in [0.15, 0.2) is 12.2 Å². The van der Waals surface area contributed by atoms with Crippen LogP contribution in [0, 0.1) is 0 Å². The first-order valence-corrected chi connectivity index (χ1v) is 44.2. The van der Waals surface area contributed by atoms with Crippen LogP contribution in [0.2, 0.25) is 0 Å². The minimum absolute atomic E-state index is 0.0975. The van der Waals surface area contributed by atoms with E-state index in [0.29, 0.717) is 12.8 Å². The minimum Gasteiger partial charge on any atom is -0.477 e. The van der Waals surface area contributed by atoms with Gasteiger partial charge in [-0.2, -0.15) is 0 Å². The monoisotopic (exact) mass is 1800 g/mol. The molecule has 124 heavy (non-hydrogen) atoms. The van der Waals surface area contributed by atoms with Crippen LogP contribution in [-0.2, 0) is 80.8 Å². The first-order valence-electron chi connectivity index (χ1n) is 44.2. The van der Waals surface area contributed by atoms with E-state index in [-0.39, 0.29) is 6.42 Å². The number of ether oxygens (including phenoxy) is 12. The highest BCUT2D eigenvalue weighted by Crippen LogP contribution is 2.43. The van der Waals surface area contributed by atoms with Crippen LogP contribution in [0.1, 0.15) is 220 Å². The van der Waals surface area contributed by atoms with Crippen molar-refractivity contribution in [2.24, 2.45) is 0 Å². The topological polar surface area (TPSA) is 677 Å². The Balaban J connectivity index is 1.29. The van der Waals surface area contributed by atoms with Crippen molar-refractivity contribution in [1.29, 1.82) is 0 Å². The molecule has 42 heteroatoms. The van der Waals surface area contributed by atoms with Gasteiger partial charge in [-0.15, -0.1) is 0 Å². The van der Waals surface area contributed by atoms with Crippen molar-refractivity contribution in [3.05, 3.63) is 12.2 Å². The predicted molar refractivity (Wildman–Crippen MR) is 428 cm³/mol. The van der Waals surface area contributed by atoms with Crippen LogP contribution in [0.25, 0.3) is 0 Å². The molecule has 6 fully saturated rings. The molecule has 722 valence electrons. The molecule has 3 amide bonds. The molecule has 0 aliphatic carbocycles. The Kier molecular flexibility index (Phi) is 48.3. The lowest BCUT2D eigenvalue weighted by atomic mass is 9.88. The average Bonchev–Trinajstić information content (AvgIpc) is 0.749. The maximum atomic E-state index is 14.0. The predicted octanol–water partition coefficient (Wildman–Crippen LogP) is -4.01. The van der Waals surface area contributed by atoms with Gasteiger partial charge >= 0.3 is 11.9 Å². The summed E-state index contributed by atoms with van der Waals surface area (Å²) in [5, 5.41) is 254. The van der Waals surface area contributed by atoms with Crippen molar-refractivity contribution < 1.29 is 193 Å². The molecule has 25 N–H and O–H groups in total. The number of carbonyl (C=O) groups excluding carboxylic acids is 3. The van der Waals surface area contributed by atoms with Crippen molar-refractivity contribution in [3.8, 4) is 0 Å². The first kappa shape index (κ1) is 109. The Bertz CT molecular complexity index is 3070. The third-order valence-electron chi connectivity index (χ3n) is 23.7. The maximum Gasteiger partial charge on any atom is 0.364 e. The van der Waals surface area contributed by atoms with Crippen molar-refractivity contribution in [1.82, 2.24) is 16.0 Å². The van der Waals surface area contributed by atoms with Crippen LogP contribution in [-0.4, -0.2) is 396 Å². The van der Waals surface area contributed by atoms with Gasteiger partial charge in [-0.1, -0.05) is 180 Å². The lowest BCUT2D eigenvalue weighted by molar-refractivity contribution is -0.405. The van der Waals surface area contributed by atoms with E-state index >= 15 is 0 Å². The van der Waals surface area contributed by atoms with E-state index in [0.717, 1.165) is 78.1 Å². The number of amides is 3. The molecule has 0 saturated carbocycles. The third-order valence-corrected chi connectivity index (χ3v) is 23.7. The fourth-order valence-electron chi connectivity index (χ4n) is 16.5. The standard InChI is InChI=1S/C82H145N3O39/c1-5-7-9-11-13-15-17-19-20-22-24-26-28-30-32-34-56(99)85-46(47(94)33-31-29-27-25-23-21-18-16-14-12-10-8-6-2)43-113-76-65(106)64(105)68(54(41-90)116-76)118-78-67(108)74(124-81(79(109)110)35-48(95)57(83-44(3)92)71(121-81)60(101)50(97)37-86)69(55(42-91)117-78)119-75-58(84-45(4)93)70(62(103)52(39-88)114-75)120-77-66(107)73(63(104)53(40-89)115-77)123-82(80(111)112)36-49(96)59(100)72(122-82)61(102)51(98)38-87/h31,33,46-55,57-78,86-91,94-98,100-108H,5-30,32,34-43H2,1-4H3,(H,83,92)(H,84,93)(H,85,99)(H,109,110)(H,111,112)/b33-31+/t46-,47+,48?,49?,50+,51+,52?,53?,54?,55?,57+,58?,59+,60+,61+,62-,63-,64+,65?,66?,67?,68+,69-,70+,71?,72?,73-,74+,75-,76+,77-,78-,81-,82-/m0/s1. The smallest absolute Gasteiger partial charge is 0.364 e. The fraction of sp³-hybridized carbons (Fsp3) is 0.915. The highest BCUT2D eigenvalue weighted by Gasteiger charge is 2.64. The lowest BCUT2D eigenvalue weighted by Crippen LogP contribution is -2.72.